The summed E-state index contributed by atoms with van der Waals surface area (Å²) in [6.45, 7) is 4.14. The summed E-state index contributed by atoms with van der Waals surface area (Å²) in [5.41, 5.74) is 0.571. The Balaban J connectivity index is 1.84. The van der Waals surface area contributed by atoms with E-state index in [9.17, 15) is 4.39 Å². The molecule has 1 saturated heterocycles. The lowest BCUT2D eigenvalue weighted by Crippen LogP contribution is -2.26. The van der Waals surface area contributed by atoms with Gasteiger partial charge < -0.3 is 10.2 Å². The number of benzene rings is 1. The van der Waals surface area contributed by atoms with Gasteiger partial charge in [0, 0.05) is 17.6 Å². The first-order chi connectivity index (χ1) is 7.77. The van der Waals surface area contributed by atoms with Crippen LogP contribution in [-0.4, -0.2) is 31.1 Å². The van der Waals surface area contributed by atoms with E-state index in [0.717, 1.165) is 17.6 Å². The van der Waals surface area contributed by atoms with E-state index in [-0.39, 0.29) is 5.82 Å². The first-order valence-corrected chi connectivity index (χ1v) is 6.47. The Morgan fingerprint density at radius 3 is 2.75 bits per heavy atom. The molecule has 2 nitrogen and oxygen atoms in total. The van der Waals surface area contributed by atoms with E-state index in [2.05, 4.69) is 26.1 Å². The van der Waals surface area contributed by atoms with Gasteiger partial charge in [0.25, 0.3) is 0 Å². The third-order valence-corrected chi connectivity index (χ3v) is 3.55. The van der Waals surface area contributed by atoms with Crippen molar-refractivity contribution in [3.05, 3.63) is 28.5 Å². The van der Waals surface area contributed by atoms with Crippen molar-refractivity contribution in [1.82, 2.24) is 4.90 Å². The number of rotatable bonds is 4. The maximum absolute atomic E-state index is 13.4. The number of likely N-dealkylation sites (tertiary alicyclic amines) is 1. The third-order valence-electron chi connectivity index (χ3n) is 2.89. The first kappa shape index (κ1) is 11.9. The molecular weight excluding hydrogens is 271 g/mol. The van der Waals surface area contributed by atoms with Crippen LogP contribution in [0.15, 0.2) is 22.7 Å². The van der Waals surface area contributed by atoms with Crippen molar-refractivity contribution in [2.45, 2.75) is 12.8 Å². The zero-order valence-electron chi connectivity index (χ0n) is 9.18. The quantitative estimate of drug-likeness (QED) is 0.915. The zero-order valence-corrected chi connectivity index (χ0v) is 10.8. The molecule has 1 aromatic rings. The van der Waals surface area contributed by atoms with Gasteiger partial charge in [0.05, 0.1) is 5.69 Å². The van der Waals surface area contributed by atoms with Crippen molar-refractivity contribution >= 4 is 21.6 Å². The molecular formula is C12H16BrFN2. The van der Waals surface area contributed by atoms with E-state index in [0.29, 0.717) is 5.69 Å². The molecule has 0 aromatic heterocycles. The topological polar surface area (TPSA) is 15.3 Å². The van der Waals surface area contributed by atoms with Gasteiger partial charge in [-0.15, -0.1) is 0 Å². The van der Waals surface area contributed by atoms with Crippen LogP contribution >= 0.6 is 15.9 Å². The average molecular weight is 287 g/mol. The maximum Gasteiger partial charge on any atom is 0.147 e. The van der Waals surface area contributed by atoms with Crippen LogP contribution < -0.4 is 5.32 Å². The number of nitrogens with zero attached hydrogens (tertiary/aromatic N) is 1. The SMILES string of the molecule is Fc1cccc(Br)c1NCCN1CCCC1. The standard InChI is InChI=1S/C12H16BrFN2/c13-10-4-3-5-11(14)12(10)15-6-9-16-7-1-2-8-16/h3-5,15H,1-2,6-9H2. The molecule has 0 spiro atoms. The predicted octanol–water partition coefficient (Wildman–Crippen LogP) is 3.10. The van der Waals surface area contributed by atoms with Crippen LogP contribution in [0.3, 0.4) is 0 Å². The van der Waals surface area contributed by atoms with Crippen molar-refractivity contribution in [3.63, 3.8) is 0 Å². The second kappa shape index (κ2) is 5.64. The maximum atomic E-state index is 13.4. The minimum Gasteiger partial charge on any atom is -0.380 e. The summed E-state index contributed by atoms with van der Waals surface area (Å²) in [5.74, 6) is -0.198. The van der Waals surface area contributed by atoms with Crippen molar-refractivity contribution in [3.8, 4) is 0 Å². The highest BCUT2D eigenvalue weighted by atomic mass is 79.9. The Morgan fingerprint density at radius 1 is 1.31 bits per heavy atom. The summed E-state index contributed by atoms with van der Waals surface area (Å²) >= 11 is 3.34. The van der Waals surface area contributed by atoms with Crippen molar-refractivity contribution in [1.29, 1.82) is 0 Å². The summed E-state index contributed by atoms with van der Waals surface area (Å²) in [6, 6.07) is 5.02. The number of nitrogens with one attached hydrogen (secondary N) is 1. The third kappa shape index (κ3) is 2.95. The molecule has 1 heterocycles. The molecule has 0 unspecified atom stereocenters. The number of anilines is 1. The molecule has 1 aliphatic rings. The van der Waals surface area contributed by atoms with Crippen molar-refractivity contribution in [2.75, 3.05) is 31.5 Å². The van der Waals surface area contributed by atoms with Crippen LogP contribution in [0.2, 0.25) is 0 Å². The molecule has 4 heteroatoms. The molecule has 0 radical (unpaired) electrons. The van der Waals surface area contributed by atoms with Crippen LogP contribution in [-0.2, 0) is 0 Å². The van der Waals surface area contributed by atoms with E-state index >= 15 is 0 Å². The zero-order chi connectivity index (χ0) is 11.4. The van der Waals surface area contributed by atoms with Gasteiger partial charge in [0.15, 0.2) is 0 Å². The highest BCUT2D eigenvalue weighted by molar-refractivity contribution is 9.10. The van der Waals surface area contributed by atoms with Gasteiger partial charge in [-0.3, -0.25) is 0 Å². The fraction of sp³-hybridized carbons (Fsp3) is 0.500. The lowest BCUT2D eigenvalue weighted by Gasteiger charge is -2.16. The Bertz CT molecular complexity index is 331. The van der Waals surface area contributed by atoms with Crippen LogP contribution in [0, 0.1) is 5.82 Å². The van der Waals surface area contributed by atoms with Gasteiger partial charge >= 0.3 is 0 Å². The molecule has 2 rings (SSSR count). The van der Waals surface area contributed by atoms with E-state index in [1.54, 1.807) is 6.07 Å². The fourth-order valence-corrected chi connectivity index (χ4v) is 2.49. The second-order valence-electron chi connectivity index (χ2n) is 4.07. The molecule has 1 fully saturated rings. The van der Waals surface area contributed by atoms with Gasteiger partial charge in [0.1, 0.15) is 5.82 Å². The minimum absolute atomic E-state index is 0.198. The summed E-state index contributed by atoms with van der Waals surface area (Å²) in [4.78, 5) is 2.40. The van der Waals surface area contributed by atoms with E-state index in [4.69, 9.17) is 0 Å². The smallest absolute Gasteiger partial charge is 0.147 e. The van der Waals surface area contributed by atoms with Gasteiger partial charge in [-0.2, -0.15) is 0 Å². The predicted molar refractivity (Wildman–Crippen MR) is 68.3 cm³/mol. The lowest BCUT2D eigenvalue weighted by molar-refractivity contribution is 0.352. The molecule has 1 aliphatic heterocycles. The van der Waals surface area contributed by atoms with Gasteiger partial charge in [-0.05, 0) is 54.0 Å². The Morgan fingerprint density at radius 2 is 2.06 bits per heavy atom. The monoisotopic (exact) mass is 286 g/mol. The second-order valence-corrected chi connectivity index (χ2v) is 4.93. The number of halogens is 2. The number of hydrogen-bond acceptors (Lipinski definition) is 2. The van der Waals surface area contributed by atoms with Gasteiger partial charge in [-0.1, -0.05) is 6.07 Å². The average Bonchev–Trinajstić information content (AvgIpc) is 2.75. The number of hydrogen-bond donors (Lipinski definition) is 1. The van der Waals surface area contributed by atoms with Crippen molar-refractivity contribution in [2.24, 2.45) is 0 Å². The van der Waals surface area contributed by atoms with Crippen LogP contribution in [0.1, 0.15) is 12.8 Å². The lowest BCUT2D eigenvalue weighted by atomic mass is 10.3. The van der Waals surface area contributed by atoms with Crippen LogP contribution in [0.25, 0.3) is 0 Å². The molecule has 0 amide bonds. The Kier molecular flexibility index (Phi) is 4.18. The van der Waals surface area contributed by atoms with Gasteiger partial charge in [0.2, 0.25) is 0 Å². The Labute approximate surface area is 104 Å². The summed E-state index contributed by atoms with van der Waals surface area (Å²) in [6.07, 6.45) is 2.59. The molecule has 0 aliphatic carbocycles. The largest absolute Gasteiger partial charge is 0.380 e. The van der Waals surface area contributed by atoms with E-state index in [1.165, 1.54) is 32.0 Å². The molecule has 16 heavy (non-hydrogen) atoms. The summed E-state index contributed by atoms with van der Waals surface area (Å²) in [7, 11) is 0. The molecule has 0 saturated carbocycles. The highest BCUT2D eigenvalue weighted by Crippen LogP contribution is 2.24. The first-order valence-electron chi connectivity index (χ1n) is 5.67. The Hall–Kier alpha value is -0.610. The van der Waals surface area contributed by atoms with Crippen molar-refractivity contribution < 1.29 is 4.39 Å². The molecule has 88 valence electrons. The number of para-hydroxylation sites is 1. The van der Waals surface area contributed by atoms with Crippen LogP contribution in [0.4, 0.5) is 10.1 Å². The highest BCUT2D eigenvalue weighted by Gasteiger charge is 2.11. The van der Waals surface area contributed by atoms with Crippen LogP contribution in [0.5, 0.6) is 0 Å². The van der Waals surface area contributed by atoms with E-state index in [1.807, 2.05) is 6.07 Å². The van der Waals surface area contributed by atoms with Gasteiger partial charge in [-0.25, -0.2) is 4.39 Å². The molecule has 0 atom stereocenters. The fourth-order valence-electron chi connectivity index (χ4n) is 2.01. The molecule has 1 N–H and O–H groups in total. The minimum atomic E-state index is -0.198. The molecule has 0 bridgehead atoms. The normalized spacial score (nSPS) is 16.6. The molecule has 1 aromatic carbocycles. The van der Waals surface area contributed by atoms with E-state index < -0.39 is 0 Å². The summed E-state index contributed by atoms with van der Waals surface area (Å²) in [5, 5.41) is 3.14. The summed E-state index contributed by atoms with van der Waals surface area (Å²) < 4.78 is 14.2.